The number of rotatable bonds is 6. The van der Waals surface area contributed by atoms with Gasteiger partial charge in [0.05, 0.1) is 16.6 Å². The largest absolute Gasteiger partial charge is 0.312 e. The van der Waals surface area contributed by atoms with Crippen molar-refractivity contribution in [1.82, 2.24) is 15.1 Å². The Labute approximate surface area is 123 Å². The topological polar surface area (TPSA) is 29.9 Å². The van der Waals surface area contributed by atoms with E-state index in [1.54, 1.807) is 11.3 Å². The Bertz CT molecular complexity index is 531. The average Bonchev–Trinajstić information content (AvgIpc) is 2.86. The van der Waals surface area contributed by atoms with Gasteiger partial charge in [0.1, 0.15) is 0 Å². The predicted molar refractivity (Wildman–Crippen MR) is 81.9 cm³/mol. The van der Waals surface area contributed by atoms with E-state index in [0.29, 0.717) is 5.92 Å². The van der Waals surface area contributed by atoms with Gasteiger partial charge in [-0.2, -0.15) is 5.10 Å². The standard InChI is InChI=1S/C14H20ClN3S/c1-10(2)6-16-7-12-8-18(17-11(12)3)9-13-4-5-14(15)19-13/h4-5,8,10,16H,6-7,9H2,1-3H3. The van der Waals surface area contributed by atoms with Crippen molar-refractivity contribution in [3.8, 4) is 0 Å². The maximum Gasteiger partial charge on any atom is 0.0931 e. The molecule has 2 aromatic heterocycles. The van der Waals surface area contributed by atoms with Gasteiger partial charge in [-0.15, -0.1) is 11.3 Å². The Morgan fingerprint density at radius 3 is 2.84 bits per heavy atom. The zero-order valence-corrected chi connectivity index (χ0v) is 13.2. The lowest BCUT2D eigenvalue weighted by molar-refractivity contribution is 0.551. The van der Waals surface area contributed by atoms with E-state index in [1.165, 1.54) is 10.4 Å². The number of thiophene rings is 1. The monoisotopic (exact) mass is 297 g/mol. The van der Waals surface area contributed by atoms with E-state index >= 15 is 0 Å². The van der Waals surface area contributed by atoms with Crippen molar-refractivity contribution in [3.05, 3.63) is 38.8 Å². The van der Waals surface area contributed by atoms with Gasteiger partial charge in [-0.3, -0.25) is 4.68 Å². The zero-order chi connectivity index (χ0) is 13.8. The van der Waals surface area contributed by atoms with Gasteiger partial charge in [-0.1, -0.05) is 25.4 Å². The van der Waals surface area contributed by atoms with Crippen molar-refractivity contribution in [3.63, 3.8) is 0 Å². The van der Waals surface area contributed by atoms with Crippen molar-refractivity contribution in [2.75, 3.05) is 6.54 Å². The third-order valence-corrected chi connectivity index (χ3v) is 4.08. The summed E-state index contributed by atoms with van der Waals surface area (Å²) in [6.07, 6.45) is 2.12. The minimum absolute atomic E-state index is 0.670. The maximum atomic E-state index is 5.94. The highest BCUT2D eigenvalue weighted by molar-refractivity contribution is 7.16. The number of hydrogen-bond donors (Lipinski definition) is 1. The fourth-order valence-corrected chi connectivity index (χ4v) is 2.99. The summed E-state index contributed by atoms with van der Waals surface area (Å²) in [6.45, 7) is 9.20. The van der Waals surface area contributed by atoms with Gasteiger partial charge in [0.2, 0.25) is 0 Å². The third kappa shape index (κ3) is 4.34. The molecule has 0 fully saturated rings. The molecule has 2 heterocycles. The van der Waals surface area contributed by atoms with Crippen LogP contribution in [0, 0.1) is 12.8 Å². The van der Waals surface area contributed by atoms with E-state index in [4.69, 9.17) is 11.6 Å². The van der Waals surface area contributed by atoms with Gasteiger partial charge in [0, 0.05) is 23.2 Å². The molecule has 0 atom stereocenters. The van der Waals surface area contributed by atoms with Crippen LogP contribution in [0.25, 0.3) is 0 Å². The minimum Gasteiger partial charge on any atom is -0.312 e. The molecule has 2 rings (SSSR count). The third-order valence-electron chi connectivity index (χ3n) is 2.86. The van der Waals surface area contributed by atoms with E-state index in [9.17, 15) is 0 Å². The second kappa shape index (κ2) is 6.55. The Morgan fingerprint density at radius 1 is 1.42 bits per heavy atom. The lowest BCUT2D eigenvalue weighted by Crippen LogP contribution is -2.19. The van der Waals surface area contributed by atoms with Gasteiger partial charge in [-0.05, 0) is 31.5 Å². The Balaban J connectivity index is 1.96. The second-order valence-electron chi connectivity index (χ2n) is 5.17. The Morgan fingerprint density at radius 2 is 2.21 bits per heavy atom. The summed E-state index contributed by atoms with van der Waals surface area (Å²) in [4.78, 5) is 1.23. The normalized spacial score (nSPS) is 11.4. The van der Waals surface area contributed by atoms with Crippen LogP contribution in [0.5, 0.6) is 0 Å². The van der Waals surface area contributed by atoms with E-state index in [0.717, 1.165) is 29.7 Å². The lowest BCUT2D eigenvalue weighted by Gasteiger charge is -2.05. The molecule has 0 aliphatic heterocycles. The molecule has 1 N–H and O–H groups in total. The van der Waals surface area contributed by atoms with Crippen LogP contribution in [0.3, 0.4) is 0 Å². The molecule has 5 heteroatoms. The van der Waals surface area contributed by atoms with Gasteiger partial charge in [0.15, 0.2) is 0 Å². The molecule has 3 nitrogen and oxygen atoms in total. The summed E-state index contributed by atoms with van der Waals surface area (Å²) in [5, 5.41) is 8.00. The van der Waals surface area contributed by atoms with Crippen molar-refractivity contribution < 1.29 is 0 Å². The first kappa shape index (κ1) is 14.6. The first-order valence-corrected chi connectivity index (χ1v) is 7.72. The van der Waals surface area contributed by atoms with Gasteiger partial charge < -0.3 is 5.32 Å². The first-order valence-electron chi connectivity index (χ1n) is 6.52. The summed E-state index contributed by atoms with van der Waals surface area (Å²) in [5.74, 6) is 0.670. The van der Waals surface area contributed by atoms with Crippen LogP contribution in [-0.4, -0.2) is 16.3 Å². The SMILES string of the molecule is Cc1nn(Cc2ccc(Cl)s2)cc1CNCC(C)C. The maximum absolute atomic E-state index is 5.94. The highest BCUT2D eigenvalue weighted by Crippen LogP contribution is 2.22. The average molecular weight is 298 g/mol. The van der Waals surface area contributed by atoms with Crippen LogP contribution >= 0.6 is 22.9 Å². The Hall–Kier alpha value is -0.840. The molecule has 0 amide bonds. The van der Waals surface area contributed by atoms with Crippen LogP contribution in [-0.2, 0) is 13.1 Å². The van der Waals surface area contributed by atoms with E-state index in [1.807, 2.05) is 10.7 Å². The molecular weight excluding hydrogens is 278 g/mol. The smallest absolute Gasteiger partial charge is 0.0931 e. The summed E-state index contributed by atoms with van der Waals surface area (Å²) < 4.78 is 2.82. The Kier molecular flexibility index (Phi) is 5.02. The number of aromatic nitrogens is 2. The molecule has 2 aromatic rings. The van der Waals surface area contributed by atoms with Gasteiger partial charge in [-0.25, -0.2) is 0 Å². The molecule has 0 saturated carbocycles. The summed E-state index contributed by atoms with van der Waals surface area (Å²) >= 11 is 7.55. The zero-order valence-electron chi connectivity index (χ0n) is 11.6. The predicted octanol–water partition coefficient (Wildman–Crippen LogP) is 3.70. The number of nitrogens with one attached hydrogen (secondary N) is 1. The molecule has 0 radical (unpaired) electrons. The van der Waals surface area contributed by atoms with E-state index < -0.39 is 0 Å². The number of hydrogen-bond acceptors (Lipinski definition) is 3. The highest BCUT2D eigenvalue weighted by atomic mass is 35.5. The molecule has 0 unspecified atom stereocenters. The van der Waals surface area contributed by atoms with E-state index in [-0.39, 0.29) is 0 Å². The fraction of sp³-hybridized carbons (Fsp3) is 0.500. The van der Waals surface area contributed by atoms with Crippen molar-refractivity contribution in [2.24, 2.45) is 5.92 Å². The van der Waals surface area contributed by atoms with E-state index in [2.05, 4.69) is 43.4 Å². The lowest BCUT2D eigenvalue weighted by atomic mass is 10.2. The van der Waals surface area contributed by atoms with Gasteiger partial charge in [0.25, 0.3) is 0 Å². The molecular formula is C14H20ClN3S. The minimum atomic E-state index is 0.670. The van der Waals surface area contributed by atoms with Crippen LogP contribution < -0.4 is 5.32 Å². The van der Waals surface area contributed by atoms with Gasteiger partial charge >= 0.3 is 0 Å². The molecule has 0 aliphatic rings. The molecule has 0 bridgehead atoms. The molecule has 104 valence electrons. The second-order valence-corrected chi connectivity index (χ2v) is 6.97. The van der Waals surface area contributed by atoms with Crippen molar-refractivity contribution in [1.29, 1.82) is 0 Å². The highest BCUT2D eigenvalue weighted by Gasteiger charge is 2.06. The number of nitrogens with zero attached hydrogens (tertiary/aromatic N) is 2. The molecule has 19 heavy (non-hydrogen) atoms. The molecule has 0 saturated heterocycles. The summed E-state index contributed by atoms with van der Waals surface area (Å²) in [6, 6.07) is 3.99. The number of aryl methyl sites for hydroxylation is 1. The van der Waals surface area contributed by atoms with Crippen LogP contribution in [0.2, 0.25) is 4.34 Å². The van der Waals surface area contributed by atoms with Crippen LogP contribution in [0.4, 0.5) is 0 Å². The van der Waals surface area contributed by atoms with Crippen molar-refractivity contribution in [2.45, 2.75) is 33.9 Å². The van der Waals surface area contributed by atoms with Crippen LogP contribution in [0.1, 0.15) is 30.0 Å². The fourth-order valence-electron chi connectivity index (χ4n) is 1.91. The van der Waals surface area contributed by atoms with Crippen LogP contribution in [0.15, 0.2) is 18.3 Å². The summed E-state index contributed by atoms with van der Waals surface area (Å²) in [7, 11) is 0. The molecule has 0 spiro atoms. The molecule has 0 aromatic carbocycles. The van der Waals surface area contributed by atoms with Crippen molar-refractivity contribution >= 4 is 22.9 Å². The molecule has 0 aliphatic carbocycles. The quantitative estimate of drug-likeness (QED) is 0.881. The first-order chi connectivity index (χ1) is 9.04. The number of halogens is 1. The summed E-state index contributed by atoms with van der Waals surface area (Å²) in [5.41, 5.74) is 2.36.